The highest BCUT2D eigenvalue weighted by atomic mass is 16.5. The van der Waals surface area contributed by atoms with Gasteiger partial charge in [0.2, 0.25) is 0 Å². The predicted octanol–water partition coefficient (Wildman–Crippen LogP) is 2.98. The van der Waals surface area contributed by atoms with Crippen molar-refractivity contribution in [3.8, 4) is 22.8 Å². The Morgan fingerprint density at radius 3 is 2.62 bits per heavy atom. The lowest BCUT2D eigenvalue weighted by atomic mass is 10.1. The Balaban J connectivity index is 2.37. The van der Waals surface area contributed by atoms with Gasteiger partial charge >= 0.3 is 0 Å². The summed E-state index contributed by atoms with van der Waals surface area (Å²) in [5.41, 5.74) is 2.07. The van der Waals surface area contributed by atoms with Gasteiger partial charge in [0.15, 0.2) is 5.69 Å². The number of carbonyl (C=O) groups is 1. The minimum absolute atomic E-state index is 0.0767. The fraction of sp³-hybridized carbons (Fsp3) is 0.444. The van der Waals surface area contributed by atoms with Gasteiger partial charge in [0.1, 0.15) is 11.5 Å². The van der Waals surface area contributed by atoms with Crippen LogP contribution in [-0.2, 0) is 7.05 Å². The van der Waals surface area contributed by atoms with Crippen LogP contribution in [0.25, 0.3) is 11.3 Å². The molecule has 130 valence electrons. The summed E-state index contributed by atoms with van der Waals surface area (Å²) in [5.74, 6) is 1.35. The quantitative estimate of drug-likeness (QED) is 0.783. The van der Waals surface area contributed by atoms with Gasteiger partial charge in [-0.05, 0) is 30.7 Å². The zero-order valence-electron chi connectivity index (χ0n) is 15.0. The number of nitrogens with zero attached hydrogens (tertiary/aromatic N) is 3. The molecule has 1 aromatic carbocycles. The number of hydrogen-bond acceptors (Lipinski definition) is 4. The number of aryl methyl sites for hydroxylation is 1. The van der Waals surface area contributed by atoms with Gasteiger partial charge in [0.05, 0.1) is 19.9 Å². The van der Waals surface area contributed by atoms with Crippen molar-refractivity contribution in [3.63, 3.8) is 0 Å². The Bertz CT molecular complexity index is 710. The van der Waals surface area contributed by atoms with Gasteiger partial charge in [0.25, 0.3) is 5.91 Å². The van der Waals surface area contributed by atoms with E-state index in [1.54, 1.807) is 36.9 Å². The summed E-state index contributed by atoms with van der Waals surface area (Å²) in [5, 5.41) is 4.38. The van der Waals surface area contributed by atoms with Crippen molar-refractivity contribution in [2.24, 2.45) is 7.05 Å². The molecule has 6 heteroatoms. The first-order chi connectivity index (χ1) is 11.5. The maximum atomic E-state index is 12.5. The lowest BCUT2D eigenvalue weighted by Crippen LogP contribution is -2.28. The van der Waals surface area contributed by atoms with E-state index < -0.39 is 0 Å². The van der Waals surface area contributed by atoms with E-state index in [4.69, 9.17) is 9.47 Å². The van der Waals surface area contributed by atoms with Crippen LogP contribution in [0.4, 0.5) is 0 Å². The van der Waals surface area contributed by atoms with Crippen molar-refractivity contribution in [2.45, 2.75) is 19.8 Å². The van der Waals surface area contributed by atoms with Gasteiger partial charge in [-0.2, -0.15) is 5.10 Å². The maximum Gasteiger partial charge on any atom is 0.274 e. The van der Waals surface area contributed by atoms with Crippen LogP contribution in [0.1, 0.15) is 30.3 Å². The van der Waals surface area contributed by atoms with Gasteiger partial charge in [-0.25, -0.2) is 0 Å². The van der Waals surface area contributed by atoms with E-state index in [1.165, 1.54) is 0 Å². The smallest absolute Gasteiger partial charge is 0.274 e. The van der Waals surface area contributed by atoms with Crippen molar-refractivity contribution in [1.82, 2.24) is 14.7 Å². The lowest BCUT2D eigenvalue weighted by molar-refractivity contribution is 0.0786. The molecule has 1 aromatic heterocycles. The van der Waals surface area contributed by atoms with Crippen LogP contribution < -0.4 is 9.47 Å². The van der Waals surface area contributed by atoms with Gasteiger partial charge in [0, 0.05) is 26.2 Å². The summed E-state index contributed by atoms with van der Waals surface area (Å²) in [6.07, 6.45) is 2.03. The fourth-order valence-electron chi connectivity index (χ4n) is 2.53. The average molecular weight is 331 g/mol. The van der Waals surface area contributed by atoms with Crippen molar-refractivity contribution in [1.29, 1.82) is 0 Å². The first-order valence-corrected chi connectivity index (χ1v) is 8.03. The summed E-state index contributed by atoms with van der Waals surface area (Å²) < 4.78 is 12.4. The Kier molecular flexibility index (Phi) is 5.84. The van der Waals surface area contributed by atoms with Crippen molar-refractivity contribution in [2.75, 3.05) is 27.8 Å². The van der Waals surface area contributed by atoms with Crippen LogP contribution in [-0.4, -0.2) is 48.4 Å². The monoisotopic (exact) mass is 331 g/mol. The molecule has 0 aliphatic carbocycles. The normalized spacial score (nSPS) is 10.5. The van der Waals surface area contributed by atoms with Crippen LogP contribution in [0, 0.1) is 0 Å². The molecule has 0 saturated heterocycles. The number of rotatable bonds is 7. The molecule has 0 aliphatic heterocycles. The molecule has 0 saturated carbocycles. The van der Waals surface area contributed by atoms with Gasteiger partial charge in [-0.15, -0.1) is 0 Å². The zero-order chi connectivity index (χ0) is 17.7. The first-order valence-electron chi connectivity index (χ1n) is 8.03. The molecular weight excluding hydrogens is 306 g/mol. The third-order valence-corrected chi connectivity index (χ3v) is 3.98. The number of carbonyl (C=O) groups excluding carboxylic acids is 1. The van der Waals surface area contributed by atoms with E-state index in [1.807, 2.05) is 25.2 Å². The second kappa shape index (κ2) is 7.86. The SMILES string of the molecule is CCCCN(C)C(=O)c1cc(-c2cc(OC)ccc2OC)n(C)n1. The van der Waals surface area contributed by atoms with E-state index >= 15 is 0 Å². The minimum Gasteiger partial charge on any atom is -0.497 e. The number of unbranched alkanes of at least 4 members (excludes halogenated alkanes) is 1. The minimum atomic E-state index is -0.0767. The fourth-order valence-corrected chi connectivity index (χ4v) is 2.53. The number of benzene rings is 1. The molecule has 0 N–H and O–H groups in total. The molecule has 0 unspecified atom stereocenters. The van der Waals surface area contributed by atoms with Crippen LogP contribution in [0.3, 0.4) is 0 Å². The van der Waals surface area contributed by atoms with Gasteiger partial charge in [-0.3, -0.25) is 9.48 Å². The van der Waals surface area contributed by atoms with E-state index in [0.717, 1.165) is 36.4 Å². The third kappa shape index (κ3) is 3.69. The average Bonchev–Trinajstić information content (AvgIpc) is 2.99. The molecule has 6 nitrogen and oxygen atoms in total. The molecular formula is C18H25N3O3. The van der Waals surface area contributed by atoms with Crippen LogP contribution in [0.2, 0.25) is 0 Å². The molecule has 2 aromatic rings. The Morgan fingerprint density at radius 1 is 1.25 bits per heavy atom. The summed E-state index contributed by atoms with van der Waals surface area (Å²) in [4.78, 5) is 14.2. The molecule has 2 rings (SSSR count). The zero-order valence-corrected chi connectivity index (χ0v) is 15.0. The second-order valence-electron chi connectivity index (χ2n) is 5.68. The van der Waals surface area contributed by atoms with E-state index in [2.05, 4.69) is 12.0 Å². The molecule has 0 fully saturated rings. The highest BCUT2D eigenvalue weighted by Crippen LogP contribution is 2.33. The molecule has 0 atom stereocenters. The molecule has 0 spiro atoms. The maximum absolute atomic E-state index is 12.5. The van der Waals surface area contributed by atoms with Crippen LogP contribution in [0.15, 0.2) is 24.3 Å². The first kappa shape index (κ1) is 17.8. The third-order valence-electron chi connectivity index (χ3n) is 3.98. The second-order valence-corrected chi connectivity index (χ2v) is 5.68. The number of methoxy groups -OCH3 is 2. The van der Waals surface area contributed by atoms with Crippen LogP contribution >= 0.6 is 0 Å². The summed E-state index contributed by atoms with van der Waals surface area (Å²) in [7, 11) is 6.86. The molecule has 24 heavy (non-hydrogen) atoms. The van der Waals surface area contributed by atoms with Gasteiger partial charge in [-0.1, -0.05) is 13.3 Å². The molecule has 0 aliphatic rings. The standard InChI is InChI=1S/C18H25N3O3/c1-6-7-10-20(2)18(22)15-12-16(21(3)19-15)14-11-13(23-4)8-9-17(14)24-5/h8-9,11-12H,6-7,10H2,1-5H3. The molecule has 0 bridgehead atoms. The topological polar surface area (TPSA) is 56.6 Å². The number of amides is 1. The van der Waals surface area contributed by atoms with Crippen molar-refractivity contribution >= 4 is 5.91 Å². The Labute approximate surface area is 143 Å². The van der Waals surface area contributed by atoms with Gasteiger partial charge < -0.3 is 14.4 Å². The van der Waals surface area contributed by atoms with E-state index in [0.29, 0.717) is 11.4 Å². The highest BCUT2D eigenvalue weighted by molar-refractivity contribution is 5.93. The summed E-state index contributed by atoms with van der Waals surface area (Å²) in [6.45, 7) is 2.83. The Hall–Kier alpha value is -2.50. The van der Waals surface area contributed by atoms with Crippen molar-refractivity contribution < 1.29 is 14.3 Å². The Morgan fingerprint density at radius 2 is 2.00 bits per heavy atom. The number of hydrogen-bond donors (Lipinski definition) is 0. The summed E-state index contributed by atoms with van der Waals surface area (Å²) >= 11 is 0. The number of aromatic nitrogens is 2. The highest BCUT2D eigenvalue weighted by Gasteiger charge is 2.19. The largest absolute Gasteiger partial charge is 0.497 e. The molecule has 1 amide bonds. The van der Waals surface area contributed by atoms with E-state index in [9.17, 15) is 4.79 Å². The van der Waals surface area contributed by atoms with Crippen molar-refractivity contribution in [3.05, 3.63) is 30.0 Å². The van der Waals surface area contributed by atoms with Crippen LogP contribution in [0.5, 0.6) is 11.5 Å². The number of ether oxygens (including phenoxy) is 2. The van der Waals surface area contributed by atoms with E-state index in [-0.39, 0.29) is 5.91 Å². The predicted molar refractivity (Wildman–Crippen MR) is 93.6 cm³/mol. The summed E-state index contributed by atoms with van der Waals surface area (Å²) in [6, 6.07) is 7.35. The molecule has 0 radical (unpaired) electrons. The lowest BCUT2D eigenvalue weighted by Gasteiger charge is -2.14. The molecule has 1 heterocycles.